The number of benzene rings is 1. The van der Waals surface area contributed by atoms with Crippen molar-refractivity contribution in [1.29, 1.82) is 0 Å². The van der Waals surface area contributed by atoms with Crippen molar-refractivity contribution in [2.75, 3.05) is 12.4 Å². The average molecular weight is 417 g/mol. The van der Waals surface area contributed by atoms with Crippen LogP contribution in [-0.2, 0) is 4.74 Å². The van der Waals surface area contributed by atoms with Gasteiger partial charge in [-0.1, -0.05) is 0 Å². The highest BCUT2D eigenvalue weighted by Gasteiger charge is 2.16. The maximum Gasteiger partial charge on any atom is 0.354 e. The summed E-state index contributed by atoms with van der Waals surface area (Å²) in [5, 5.41) is 4.75. The summed E-state index contributed by atoms with van der Waals surface area (Å²) in [5.74, 6) is -1.38. The molecule has 0 bridgehead atoms. The summed E-state index contributed by atoms with van der Waals surface area (Å²) in [7, 11) is 1.29. The zero-order valence-corrected chi connectivity index (χ0v) is 15.6. The second-order valence-electron chi connectivity index (χ2n) is 5.94. The van der Waals surface area contributed by atoms with Crippen molar-refractivity contribution in [3.05, 3.63) is 52.9 Å². The number of thiazole rings is 1. The van der Waals surface area contributed by atoms with Crippen LogP contribution in [-0.4, -0.2) is 38.9 Å². The summed E-state index contributed by atoms with van der Waals surface area (Å²) in [5.41, 5.74) is 2.49. The number of imidazole rings is 1. The van der Waals surface area contributed by atoms with Crippen LogP contribution in [0.15, 0.2) is 35.8 Å². The summed E-state index contributed by atoms with van der Waals surface area (Å²) in [6.45, 7) is 0. The summed E-state index contributed by atoms with van der Waals surface area (Å²) in [6.07, 6.45) is -1.11. The monoisotopic (exact) mass is 417 g/mol. The van der Waals surface area contributed by atoms with E-state index in [9.17, 15) is 18.4 Å². The number of carbonyl (C=O) groups is 2. The molecule has 3 heterocycles. The Labute approximate surface area is 166 Å². The molecule has 0 unspecified atom stereocenters. The van der Waals surface area contributed by atoms with Crippen molar-refractivity contribution in [2.24, 2.45) is 0 Å². The number of methoxy groups -OCH3 is 1. The Bertz CT molecular complexity index is 1210. The molecular weight excluding hydrogens is 404 g/mol. The molecule has 0 radical (unpaired) electrons. The Balaban J connectivity index is 1.51. The summed E-state index contributed by atoms with van der Waals surface area (Å²) in [6, 6.07) is 6.04. The van der Waals surface area contributed by atoms with E-state index in [-0.39, 0.29) is 11.3 Å². The van der Waals surface area contributed by atoms with E-state index in [1.165, 1.54) is 36.6 Å². The predicted molar refractivity (Wildman–Crippen MR) is 102 cm³/mol. The number of aromatic amines is 2. The molecule has 29 heavy (non-hydrogen) atoms. The van der Waals surface area contributed by atoms with Gasteiger partial charge in [-0.3, -0.25) is 10.1 Å². The van der Waals surface area contributed by atoms with Gasteiger partial charge >= 0.3 is 5.97 Å². The van der Waals surface area contributed by atoms with Gasteiger partial charge in [-0.25, -0.2) is 23.5 Å². The lowest BCUT2D eigenvalue weighted by Crippen LogP contribution is -2.11. The van der Waals surface area contributed by atoms with Crippen molar-refractivity contribution in [2.45, 2.75) is 6.43 Å². The number of rotatable bonds is 5. The predicted octanol–water partition coefficient (Wildman–Crippen LogP) is 3.99. The van der Waals surface area contributed by atoms with E-state index in [0.717, 1.165) is 0 Å². The fourth-order valence-corrected chi connectivity index (χ4v) is 3.39. The molecule has 1 amide bonds. The van der Waals surface area contributed by atoms with Gasteiger partial charge in [0.2, 0.25) is 0 Å². The minimum atomic E-state index is -2.72. The van der Waals surface area contributed by atoms with Gasteiger partial charge in [0.25, 0.3) is 12.3 Å². The minimum Gasteiger partial charge on any atom is -0.464 e. The van der Waals surface area contributed by atoms with Crippen molar-refractivity contribution in [3.63, 3.8) is 0 Å². The Morgan fingerprint density at radius 3 is 2.83 bits per heavy atom. The van der Waals surface area contributed by atoms with Crippen LogP contribution in [0.5, 0.6) is 0 Å². The highest BCUT2D eigenvalue weighted by atomic mass is 32.1. The molecule has 0 saturated heterocycles. The number of nitrogens with one attached hydrogen (secondary N) is 3. The van der Waals surface area contributed by atoms with Crippen LogP contribution in [0.3, 0.4) is 0 Å². The van der Waals surface area contributed by atoms with Crippen LogP contribution in [0.1, 0.15) is 33.1 Å². The van der Waals surface area contributed by atoms with Gasteiger partial charge in [0.05, 0.1) is 23.8 Å². The molecule has 3 N–H and O–H groups in total. The Morgan fingerprint density at radius 2 is 2.07 bits per heavy atom. The van der Waals surface area contributed by atoms with Gasteiger partial charge in [-0.15, -0.1) is 11.3 Å². The number of amides is 1. The number of nitrogens with zero attached hydrogens (tertiary/aromatic N) is 2. The zero-order valence-electron chi connectivity index (χ0n) is 14.8. The SMILES string of the molecule is COC(=O)c1cc(-c2csc(NC(=O)c3ccc4nc(C(F)F)[nH]c4c3)n2)c[nH]1. The van der Waals surface area contributed by atoms with Gasteiger partial charge in [-0.05, 0) is 24.3 Å². The third kappa shape index (κ3) is 3.72. The van der Waals surface area contributed by atoms with E-state index in [0.29, 0.717) is 27.4 Å². The Hall–Kier alpha value is -3.60. The van der Waals surface area contributed by atoms with E-state index in [1.807, 2.05) is 0 Å². The molecule has 4 rings (SSSR count). The van der Waals surface area contributed by atoms with E-state index in [4.69, 9.17) is 0 Å². The Morgan fingerprint density at radius 1 is 1.24 bits per heavy atom. The number of carbonyl (C=O) groups excluding carboxylic acids is 2. The number of esters is 1. The number of hydrogen-bond donors (Lipinski definition) is 3. The molecule has 0 saturated carbocycles. The molecular formula is C18H13F2N5O3S. The summed E-state index contributed by atoms with van der Waals surface area (Å²) in [4.78, 5) is 37.4. The molecule has 0 spiro atoms. The molecule has 8 nitrogen and oxygen atoms in total. The molecule has 0 fully saturated rings. The maximum atomic E-state index is 12.8. The lowest BCUT2D eigenvalue weighted by molar-refractivity contribution is 0.0594. The van der Waals surface area contributed by atoms with Crippen molar-refractivity contribution in [1.82, 2.24) is 19.9 Å². The average Bonchev–Trinajstić information content (AvgIpc) is 3.44. The van der Waals surface area contributed by atoms with Gasteiger partial charge < -0.3 is 14.7 Å². The standard InChI is InChI=1S/C18H13F2N5O3S/c1-28-17(27)12-5-9(6-21-12)13-7-29-18(24-13)25-16(26)8-2-3-10-11(4-8)23-15(22-10)14(19)20/h2-7,14,21H,1H3,(H,22,23)(H,24,25,26). The van der Waals surface area contributed by atoms with E-state index >= 15 is 0 Å². The third-order valence-electron chi connectivity index (χ3n) is 4.08. The zero-order chi connectivity index (χ0) is 20.5. The fourth-order valence-electron chi connectivity index (χ4n) is 2.68. The summed E-state index contributed by atoms with van der Waals surface area (Å²) >= 11 is 1.21. The van der Waals surface area contributed by atoms with Crippen LogP contribution in [0, 0.1) is 0 Å². The number of halogens is 2. The quantitative estimate of drug-likeness (QED) is 0.425. The number of H-pyrrole nitrogens is 2. The van der Waals surface area contributed by atoms with Crippen molar-refractivity contribution < 1.29 is 23.1 Å². The number of anilines is 1. The highest BCUT2D eigenvalue weighted by molar-refractivity contribution is 7.14. The largest absolute Gasteiger partial charge is 0.464 e. The number of ether oxygens (including phenoxy) is 1. The first-order valence-electron chi connectivity index (χ1n) is 8.26. The fraction of sp³-hybridized carbons (Fsp3) is 0.111. The summed E-state index contributed by atoms with van der Waals surface area (Å²) < 4.78 is 30.1. The van der Waals surface area contributed by atoms with Crippen LogP contribution < -0.4 is 5.32 Å². The second-order valence-corrected chi connectivity index (χ2v) is 6.80. The van der Waals surface area contributed by atoms with Crippen molar-refractivity contribution in [3.8, 4) is 11.3 Å². The normalized spacial score (nSPS) is 11.2. The highest BCUT2D eigenvalue weighted by Crippen LogP contribution is 2.26. The number of hydrogen-bond acceptors (Lipinski definition) is 6. The lowest BCUT2D eigenvalue weighted by atomic mass is 10.2. The first-order chi connectivity index (χ1) is 13.9. The Kier molecular flexibility index (Phi) is 4.80. The molecule has 11 heteroatoms. The van der Waals surface area contributed by atoms with E-state index < -0.39 is 24.1 Å². The molecule has 3 aromatic heterocycles. The molecule has 148 valence electrons. The van der Waals surface area contributed by atoms with E-state index in [2.05, 4.69) is 30.0 Å². The molecule has 0 aliphatic heterocycles. The molecule has 0 aliphatic carbocycles. The van der Waals surface area contributed by atoms with Crippen LogP contribution in [0.2, 0.25) is 0 Å². The molecule has 0 atom stereocenters. The first kappa shape index (κ1) is 18.7. The molecule has 4 aromatic rings. The minimum absolute atomic E-state index is 0.272. The smallest absolute Gasteiger partial charge is 0.354 e. The molecule has 1 aromatic carbocycles. The van der Waals surface area contributed by atoms with Gasteiger partial charge in [0.15, 0.2) is 11.0 Å². The van der Waals surface area contributed by atoms with E-state index in [1.54, 1.807) is 17.6 Å². The first-order valence-corrected chi connectivity index (χ1v) is 9.14. The second kappa shape index (κ2) is 7.43. The van der Waals surface area contributed by atoms with Gasteiger partial charge in [0, 0.05) is 22.7 Å². The van der Waals surface area contributed by atoms with Gasteiger partial charge in [-0.2, -0.15) is 0 Å². The number of alkyl halides is 2. The topological polar surface area (TPSA) is 113 Å². The number of aromatic nitrogens is 4. The van der Waals surface area contributed by atoms with Gasteiger partial charge in [0.1, 0.15) is 5.69 Å². The molecule has 0 aliphatic rings. The lowest BCUT2D eigenvalue weighted by Gasteiger charge is -2.01. The number of fused-ring (bicyclic) bond motifs is 1. The third-order valence-corrected chi connectivity index (χ3v) is 4.84. The van der Waals surface area contributed by atoms with Crippen LogP contribution >= 0.6 is 11.3 Å². The van der Waals surface area contributed by atoms with Crippen LogP contribution in [0.25, 0.3) is 22.3 Å². The van der Waals surface area contributed by atoms with Crippen molar-refractivity contribution >= 4 is 39.4 Å². The maximum absolute atomic E-state index is 12.8. The van der Waals surface area contributed by atoms with Crippen LogP contribution in [0.4, 0.5) is 13.9 Å².